The summed E-state index contributed by atoms with van der Waals surface area (Å²) in [6.45, 7) is 6.29. The quantitative estimate of drug-likeness (QED) is 0.841. The highest BCUT2D eigenvalue weighted by molar-refractivity contribution is 5.43. The van der Waals surface area contributed by atoms with Gasteiger partial charge in [0.15, 0.2) is 0 Å². The first kappa shape index (κ1) is 12.1. The molecule has 1 aliphatic rings. The van der Waals surface area contributed by atoms with Crippen LogP contribution in [0.1, 0.15) is 12.6 Å². The van der Waals surface area contributed by atoms with Gasteiger partial charge in [-0.25, -0.2) is 4.98 Å². The van der Waals surface area contributed by atoms with Crippen LogP contribution in [0.15, 0.2) is 6.07 Å². The van der Waals surface area contributed by atoms with Crippen LogP contribution >= 0.6 is 0 Å². The van der Waals surface area contributed by atoms with Gasteiger partial charge in [-0.05, 0) is 13.5 Å². The van der Waals surface area contributed by atoms with Gasteiger partial charge in [-0.3, -0.25) is 0 Å². The number of hydrogen-bond acceptors (Lipinski definition) is 5. The van der Waals surface area contributed by atoms with Gasteiger partial charge in [0.2, 0.25) is 5.95 Å². The summed E-state index contributed by atoms with van der Waals surface area (Å²) in [6, 6.07) is 2.01. The fourth-order valence-electron chi connectivity index (χ4n) is 1.94. The molecule has 1 aliphatic heterocycles. The van der Waals surface area contributed by atoms with E-state index in [9.17, 15) is 0 Å². The highest BCUT2D eigenvalue weighted by Gasteiger charge is 2.17. The molecule has 1 N–H and O–H groups in total. The summed E-state index contributed by atoms with van der Waals surface area (Å²) < 4.78 is 0. The van der Waals surface area contributed by atoms with Crippen molar-refractivity contribution in [2.24, 2.45) is 0 Å². The highest BCUT2D eigenvalue weighted by Crippen LogP contribution is 2.15. The lowest BCUT2D eigenvalue weighted by Crippen LogP contribution is -2.45. The molecule has 2 heterocycles. The van der Waals surface area contributed by atoms with Crippen LogP contribution in [0.25, 0.3) is 0 Å². The zero-order chi connectivity index (χ0) is 12.3. The molecule has 1 aromatic heterocycles. The predicted molar refractivity (Wildman–Crippen MR) is 70.7 cm³/mol. The van der Waals surface area contributed by atoms with E-state index in [1.807, 2.05) is 13.1 Å². The molecule has 94 valence electrons. The number of aryl methyl sites for hydroxylation is 1. The van der Waals surface area contributed by atoms with Crippen molar-refractivity contribution in [3.63, 3.8) is 0 Å². The third-order valence-corrected chi connectivity index (χ3v) is 3.17. The molecule has 0 spiro atoms. The van der Waals surface area contributed by atoms with Crippen molar-refractivity contribution in [1.29, 1.82) is 0 Å². The lowest BCUT2D eigenvalue weighted by Gasteiger charge is -2.32. The van der Waals surface area contributed by atoms with Crippen LogP contribution in [0.2, 0.25) is 0 Å². The molecule has 5 heteroatoms. The van der Waals surface area contributed by atoms with Crippen LogP contribution in [0.3, 0.4) is 0 Å². The second-order valence-electron chi connectivity index (χ2n) is 4.44. The Bertz CT molecular complexity index is 349. The van der Waals surface area contributed by atoms with Gasteiger partial charge in [0.05, 0.1) is 0 Å². The van der Waals surface area contributed by atoms with Crippen LogP contribution in [-0.2, 0) is 6.42 Å². The van der Waals surface area contributed by atoms with Gasteiger partial charge in [0, 0.05) is 45.0 Å². The number of rotatable bonds is 3. The molecule has 5 nitrogen and oxygen atoms in total. The zero-order valence-electron chi connectivity index (χ0n) is 10.9. The molecular formula is C12H21N5. The van der Waals surface area contributed by atoms with Gasteiger partial charge in [0.1, 0.15) is 5.82 Å². The van der Waals surface area contributed by atoms with E-state index in [2.05, 4.69) is 39.1 Å². The average molecular weight is 235 g/mol. The molecule has 0 saturated carbocycles. The largest absolute Gasteiger partial charge is 0.373 e. The van der Waals surface area contributed by atoms with E-state index in [1.54, 1.807) is 0 Å². The highest BCUT2D eigenvalue weighted by atomic mass is 15.3. The first-order valence-electron chi connectivity index (χ1n) is 6.22. The summed E-state index contributed by atoms with van der Waals surface area (Å²) in [7, 11) is 4.05. The fraction of sp³-hybridized carbons (Fsp3) is 0.667. The number of piperazine rings is 1. The van der Waals surface area contributed by atoms with E-state index in [0.717, 1.165) is 50.1 Å². The van der Waals surface area contributed by atoms with Gasteiger partial charge in [-0.1, -0.05) is 6.92 Å². The summed E-state index contributed by atoms with van der Waals surface area (Å²) >= 11 is 0. The van der Waals surface area contributed by atoms with Gasteiger partial charge >= 0.3 is 0 Å². The monoisotopic (exact) mass is 235 g/mol. The van der Waals surface area contributed by atoms with Crippen molar-refractivity contribution in [3.8, 4) is 0 Å². The molecule has 1 aromatic rings. The molecule has 0 aromatic carbocycles. The second-order valence-corrected chi connectivity index (χ2v) is 4.44. The minimum atomic E-state index is 0.863. The van der Waals surface area contributed by atoms with Crippen molar-refractivity contribution in [2.75, 3.05) is 50.5 Å². The van der Waals surface area contributed by atoms with Crippen molar-refractivity contribution < 1.29 is 0 Å². The maximum absolute atomic E-state index is 4.60. The number of likely N-dealkylation sites (N-methyl/N-ethyl adjacent to an activating group) is 1. The Morgan fingerprint density at radius 2 is 1.94 bits per heavy atom. The smallest absolute Gasteiger partial charge is 0.227 e. The topological polar surface area (TPSA) is 44.3 Å². The normalized spacial score (nSPS) is 17.2. The Morgan fingerprint density at radius 1 is 1.24 bits per heavy atom. The van der Waals surface area contributed by atoms with Crippen LogP contribution < -0.4 is 10.2 Å². The standard InChI is InChI=1S/C12H21N5/c1-4-10-9-11(13-2)15-12(14-10)17-7-5-16(3)6-8-17/h9H,4-8H2,1-3H3,(H,13,14,15). The van der Waals surface area contributed by atoms with Crippen molar-refractivity contribution in [2.45, 2.75) is 13.3 Å². The molecule has 0 atom stereocenters. The predicted octanol–water partition coefficient (Wildman–Crippen LogP) is 0.832. The molecule has 1 fully saturated rings. The van der Waals surface area contributed by atoms with Gasteiger partial charge in [-0.2, -0.15) is 4.98 Å². The Morgan fingerprint density at radius 3 is 2.53 bits per heavy atom. The average Bonchev–Trinajstić information content (AvgIpc) is 2.39. The third kappa shape index (κ3) is 2.85. The number of nitrogens with zero attached hydrogens (tertiary/aromatic N) is 4. The minimum Gasteiger partial charge on any atom is -0.373 e. The number of anilines is 2. The van der Waals surface area contributed by atoms with E-state index >= 15 is 0 Å². The van der Waals surface area contributed by atoms with Gasteiger partial charge in [0.25, 0.3) is 0 Å². The minimum absolute atomic E-state index is 0.863. The molecule has 0 aliphatic carbocycles. The fourth-order valence-corrected chi connectivity index (χ4v) is 1.94. The van der Waals surface area contributed by atoms with Crippen molar-refractivity contribution in [3.05, 3.63) is 11.8 Å². The van der Waals surface area contributed by atoms with Gasteiger partial charge < -0.3 is 15.1 Å². The summed E-state index contributed by atoms with van der Waals surface area (Å²) in [5.74, 6) is 1.77. The van der Waals surface area contributed by atoms with Gasteiger partial charge in [-0.15, -0.1) is 0 Å². The number of aromatic nitrogens is 2. The van der Waals surface area contributed by atoms with Crippen LogP contribution in [0, 0.1) is 0 Å². The van der Waals surface area contributed by atoms with E-state index in [1.165, 1.54) is 0 Å². The Labute approximate surface area is 103 Å². The molecule has 2 rings (SSSR count). The summed E-state index contributed by atoms with van der Waals surface area (Å²) in [5.41, 5.74) is 1.10. The molecule has 0 amide bonds. The Balaban J connectivity index is 2.19. The van der Waals surface area contributed by atoms with E-state index in [4.69, 9.17) is 0 Å². The lowest BCUT2D eigenvalue weighted by molar-refractivity contribution is 0.311. The summed E-state index contributed by atoms with van der Waals surface area (Å²) in [4.78, 5) is 13.7. The van der Waals surface area contributed by atoms with E-state index < -0.39 is 0 Å². The molecule has 0 bridgehead atoms. The number of hydrogen-bond donors (Lipinski definition) is 1. The maximum Gasteiger partial charge on any atom is 0.227 e. The molecule has 0 unspecified atom stereocenters. The van der Waals surface area contributed by atoms with Crippen LogP contribution in [-0.4, -0.2) is 55.1 Å². The molecule has 17 heavy (non-hydrogen) atoms. The van der Waals surface area contributed by atoms with E-state index in [-0.39, 0.29) is 0 Å². The SMILES string of the molecule is CCc1cc(NC)nc(N2CCN(C)CC2)n1. The lowest BCUT2D eigenvalue weighted by atomic mass is 10.3. The maximum atomic E-state index is 4.60. The molecule has 0 radical (unpaired) electrons. The second kappa shape index (κ2) is 5.31. The van der Waals surface area contributed by atoms with Crippen LogP contribution in [0.4, 0.5) is 11.8 Å². The van der Waals surface area contributed by atoms with Crippen molar-refractivity contribution >= 4 is 11.8 Å². The Kier molecular flexibility index (Phi) is 3.78. The number of nitrogens with one attached hydrogen (secondary N) is 1. The first-order chi connectivity index (χ1) is 8.22. The molecule has 1 saturated heterocycles. The first-order valence-corrected chi connectivity index (χ1v) is 6.22. The van der Waals surface area contributed by atoms with Crippen molar-refractivity contribution in [1.82, 2.24) is 14.9 Å². The Hall–Kier alpha value is -1.36. The summed E-state index contributed by atoms with van der Waals surface area (Å²) in [6.07, 6.45) is 0.942. The molecular weight excluding hydrogens is 214 g/mol. The zero-order valence-corrected chi connectivity index (χ0v) is 10.9. The third-order valence-electron chi connectivity index (χ3n) is 3.17. The van der Waals surface area contributed by atoms with Crippen LogP contribution in [0.5, 0.6) is 0 Å². The van der Waals surface area contributed by atoms with E-state index in [0.29, 0.717) is 0 Å². The summed E-state index contributed by atoms with van der Waals surface area (Å²) in [5, 5.41) is 3.10.